The maximum absolute atomic E-state index is 6.63. The van der Waals surface area contributed by atoms with Crippen molar-refractivity contribution in [1.82, 2.24) is 4.57 Å². The quantitative estimate of drug-likeness (QED) is 0.154. The van der Waals surface area contributed by atoms with Crippen LogP contribution in [0.4, 0.5) is 11.4 Å². The number of para-hydroxylation sites is 1. The molecule has 0 saturated heterocycles. The predicted molar refractivity (Wildman–Crippen MR) is 261 cm³/mol. The van der Waals surface area contributed by atoms with Crippen LogP contribution in [0.1, 0.15) is 56.9 Å². The van der Waals surface area contributed by atoms with Gasteiger partial charge < -0.3 is 13.8 Å². The molecule has 0 saturated carbocycles. The van der Waals surface area contributed by atoms with E-state index in [4.69, 9.17) is 4.42 Å². The van der Waals surface area contributed by atoms with Crippen molar-refractivity contribution in [3.63, 3.8) is 0 Å². The first-order chi connectivity index (χ1) is 29.5. The first kappa shape index (κ1) is 34.2. The molecule has 3 aliphatic rings. The molecule has 3 nitrogen and oxygen atoms in total. The molecule has 0 amide bonds. The Morgan fingerprint density at radius 3 is 2.20 bits per heavy atom. The second kappa shape index (κ2) is 11.2. The fourth-order valence-corrected chi connectivity index (χ4v) is 12.8. The van der Waals surface area contributed by atoms with Crippen molar-refractivity contribution in [2.75, 3.05) is 4.81 Å². The SMILES string of the molecule is Cc1cc2c3c4c1c1cc5c(cc1n4-c1cc4sc6ccccc6c4cc1B3N(c1ccc(C(C)(C)C)cc1)c1cc3c(cc1-2)C(C)(C)c1ccccc1-3)oc1ccccc15. The number of aryl methyl sites for hydroxylation is 1. The Hall–Kier alpha value is -6.56. The average Bonchev–Trinajstić information content (AvgIpc) is 3.98. The zero-order chi connectivity index (χ0) is 40.8. The normalized spacial score (nSPS) is 14.8. The fourth-order valence-electron chi connectivity index (χ4n) is 11.7. The van der Waals surface area contributed by atoms with Crippen LogP contribution in [0, 0.1) is 6.92 Å². The lowest BCUT2D eigenvalue weighted by Gasteiger charge is -2.43. The molecule has 0 bridgehead atoms. The van der Waals surface area contributed by atoms with Crippen LogP contribution < -0.4 is 15.7 Å². The number of rotatable bonds is 1. The summed E-state index contributed by atoms with van der Waals surface area (Å²) in [5.41, 5.74) is 21.4. The molecule has 0 radical (unpaired) electrons. The highest BCUT2D eigenvalue weighted by atomic mass is 32.1. The Kier molecular flexibility index (Phi) is 6.29. The minimum atomic E-state index is -0.128. The summed E-state index contributed by atoms with van der Waals surface area (Å²) in [4.78, 5) is 2.70. The van der Waals surface area contributed by atoms with Crippen LogP contribution in [0.15, 0.2) is 144 Å². The minimum Gasteiger partial charge on any atom is -0.456 e. The highest BCUT2D eigenvalue weighted by Gasteiger charge is 2.46. The number of furan rings is 1. The maximum atomic E-state index is 6.63. The van der Waals surface area contributed by atoms with E-state index in [9.17, 15) is 0 Å². The van der Waals surface area contributed by atoms with E-state index in [1.165, 1.54) is 120 Å². The summed E-state index contributed by atoms with van der Waals surface area (Å²) < 4.78 is 11.9. The molecule has 1 aliphatic carbocycles. The number of anilines is 2. The van der Waals surface area contributed by atoms with Gasteiger partial charge in [0.1, 0.15) is 11.2 Å². The van der Waals surface area contributed by atoms with Crippen LogP contribution in [-0.2, 0) is 10.8 Å². The van der Waals surface area contributed by atoms with E-state index < -0.39 is 0 Å². The predicted octanol–water partition coefficient (Wildman–Crippen LogP) is 14.2. The first-order valence-corrected chi connectivity index (χ1v) is 22.4. The Bertz CT molecular complexity index is 3800. The van der Waals surface area contributed by atoms with Gasteiger partial charge >= 0.3 is 6.85 Å². The molecule has 14 rings (SSSR count). The molecule has 5 heterocycles. The molecule has 0 unspecified atom stereocenters. The maximum Gasteiger partial charge on any atom is 0.333 e. The summed E-state index contributed by atoms with van der Waals surface area (Å²) in [6.07, 6.45) is 0. The summed E-state index contributed by atoms with van der Waals surface area (Å²) in [6, 6.07) is 53.4. The lowest BCUT2D eigenvalue weighted by atomic mass is 9.43. The molecule has 0 spiro atoms. The van der Waals surface area contributed by atoms with Gasteiger partial charge in [0.2, 0.25) is 0 Å². The van der Waals surface area contributed by atoms with Gasteiger partial charge in [-0.25, -0.2) is 0 Å². The third-order valence-corrected chi connectivity index (χ3v) is 15.8. The molecule has 0 N–H and O–H groups in total. The van der Waals surface area contributed by atoms with Gasteiger partial charge in [0.15, 0.2) is 0 Å². The Balaban J connectivity index is 1.18. The van der Waals surface area contributed by atoms with E-state index in [2.05, 4.69) is 190 Å². The standard InChI is InChI=1S/C56H41BN2OS/c1-30-23-40-37-25-43-36(33-13-7-10-16-42(33)56(43,5)6)27-46(37)59(32-21-19-31(20-22-32)55(2,3)4)57-44-26-39-35-15-9-12-18-50(35)61-51(39)29-47(44)58-45-28-49-38(34-14-8-11-17-48(34)60-49)24-41(45)52(30)54(58)53(40)57/h7-29H,1-6H3. The van der Waals surface area contributed by atoms with Crippen LogP contribution in [0.3, 0.4) is 0 Å². The third kappa shape index (κ3) is 4.25. The summed E-state index contributed by atoms with van der Waals surface area (Å²) in [7, 11) is 0. The number of thiophene rings is 1. The summed E-state index contributed by atoms with van der Waals surface area (Å²) >= 11 is 1.90. The minimum absolute atomic E-state index is 0.0409. The number of fused-ring (bicyclic) bond motifs is 17. The van der Waals surface area contributed by atoms with Gasteiger partial charge in [-0.1, -0.05) is 120 Å². The third-order valence-electron chi connectivity index (χ3n) is 14.6. The van der Waals surface area contributed by atoms with Crippen molar-refractivity contribution in [3.05, 3.63) is 162 Å². The second-order valence-corrected chi connectivity index (χ2v) is 20.4. The van der Waals surface area contributed by atoms with E-state index in [0.29, 0.717) is 0 Å². The fraction of sp³-hybridized carbons (Fsp3) is 0.143. The number of aromatic nitrogens is 1. The Morgan fingerprint density at radius 2 is 1.36 bits per heavy atom. The van der Waals surface area contributed by atoms with Crippen LogP contribution in [0.5, 0.6) is 0 Å². The summed E-state index contributed by atoms with van der Waals surface area (Å²) in [5.74, 6) is 0. The van der Waals surface area contributed by atoms with Crippen molar-refractivity contribution in [2.45, 2.75) is 52.4 Å². The van der Waals surface area contributed by atoms with Gasteiger partial charge in [-0.2, -0.15) is 0 Å². The van der Waals surface area contributed by atoms with E-state index in [1.54, 1.807) is 0 Å². The van der Waals surface area contributed by atoms with Gasteiger partial charge in [0, 0.05) is 75.8 Å². The van der Waals surface area contributed by atoms with E-state index in [0.717, 1.165) is 16.6 Å². The number of hydrogen-bond acceptors (Lipinski definition) is 3. The highest BCUT2D eigenvalue weighted by Crippen LogP contribution is 2.55. The van der Waals surface area contributed by atoms with Crippen molar-refractivity contribution in [1.29, 1.82) is 0 Å². The van der Waals surface area contributed by atoms with Crippen molar-refractivity contribution in [3.8, 4) is 27.9 Å². The van der Waals surface area contributed by atoms with Crippen molar-refractivity contribution >= 4 is 104 Å². The molecule has 2 aliphatic heterocycles. The molecule has 0 fully saturated rings. The van der Waals surface area contributed by atoms with Crippen LogP contribution >= 0.6 is 11.3 Å². The largest absolute Gasteiger partial charge is 0.456 e. The average molecular weight is 801 g/mol. The first-order valence-electron chi connectivity index (χ1n) is 21.6. The molecule has 3 aromatic heterocycles. The number of benzene rings is 8. The number of nitrogens with zero attached hydrogens (tertiary/aromatic N) is 2. The molecular weight excluding hydrogens is 760 g/mol. The highest BCUT2D eigenvalue weighted by molar-refractivity contribution is 7.26. The zero-order valence-corrected chi connectivity index (χ0v) is 35.9. The van der Waals surface area contributed by atoms with Crippen LogP contribution in [-0.4, -0.2) is 11.4 Å². The Morgan fingerprint density at radius 1 is 0.590 bits per heavy atom. The molecule has 61 heavy (non-hydrogen) atoms. The van der Waals surface area contributed by atoms with E-state index in [1.807, 2.05) is 11.3 Å². The number of hydrogen-bond donors (Lipinski definition) is 0. The monoisotopic (exact) mass is 800 g/mol. The second-order valence-electron chi connectivity index (χ2n) is 19.3. The molecule has 5 heteroatoms. The molecule has 8 aromatic carbocycles. The van der Waals surface area contributed by atoms with E-state index in [-0.39, 0.29) is 17.7 Å². The molecule has 0 atom stereocenters. The van der Waals surface area contributed by atoms with Gasteiger partial charge in [0.25, 0.3) is 0 Å². The van der Waals surface area contributed by atoms with Gasteiger partial charge in [-0.3, -0.25) is 0 Å². The van der Waals surface area contributed by atoms with Crippen LogP contribution in [0.25, 0.3) is 91.9 Å². The molecule has 11 aromatic rings. The van der Waals surface area contributed by atoms with E-state index >= 15 is 0 Å². The lowest BCUT2D eigenvalue weighted by Crippen LogP contribution is -2.60. The van der Waals surface area contributed by atoms with Gasteiger partial charge in [-0.15, -0.1) is 11.3 Å². The Labute approximate surface area is 358 Å². The topological polar surface area (TPSA) is 21.3 Å². The molecular formula is C56H41BN2OS. The van der Waals surface area contributed by atoms with Crippen molar-refractivity contribution in [2.24, 2.45) is 0 Å². The zero-order valence-electron chi connectivity index (χ0n) is 35.1. The summed E-state index contributed by atoms with van der Waals surface area (Å²) in [6.45, 7) is 14.0. The summed E-state index contributed by atoms with van der Waals surface area (Å²) in [5, 5.41) is 7.57. The van der Waals surface area contributed by atoms with Gasteiger partial charge in [0.05, 0.1) is 11.0 Å². The van der Waals surface area contributed by atoms with Crippen LogP contribution in [0.2, 0.25) is 0 Å². The molecule has 290 valence electrons. The smallest absolute Gasteiger partial charge is 0.333 e. The lowest BCUT2D eigenvalue weighted by molar-refractivity contribution is 0.590. The van der Waals surface area contributed by atoms with Gasteiger partial charge in [-0.05, 0) is 111 Å². The van der Waals surface area contributed by atoms with Crippen molar-refractivity contribution < 1.29 is 4.42 Å².